The van der Waals surface area contributed by atoms with Crippen molar-refractivity contribution in [2.75, 3.05) is 50.1 Å². The van der Waals surface area contributed by atoms with Gasteiger partial charge < -0.3 is 9.80 Å². The van der Waals surface area contributed by atoms with Gasteiger partial charge in [0.1, 0.15) is 10.6 Å². The molecule has 0 aliphatic carbocycles. The van der Waals surface area contributed by atoms with Gasteiger partial charge in [0.15, 0.2) is 0 Å². The second kappa shape index (κ2) is 12.7. The number of piperidine rings is 1. The summed E-state index contributed by atoms with van der Waals surface area (Å²) in [5.41, 5.74) is 2.37. The van der Waals surface area contributed by atoms with Crippen molar-refractivity contribution < 1.29 is 13.3 Å². The fourth-order valence-corrected chi connectivity index (χ4v) is 5.84. The quantitative estimate of drug-likeness (QED) is 0.205. The number of rotatable bonds is 11. The van der Waals surface area contributed by atoms with E-state index in [1.807, 2.05) is 12.1 Å². The van der Waals surface area contributed by atoms with Gasteiger partial charge in [0.05, 0.1) is 16.3 Å². The Bertz CT molecular complexity index is 1240. The monoisotopic (exact) mass is 543 g/mol. The number of nitro benzene ring substituents is 1. The third-order valence-corrected chi connectivity index (χ3v) is 8.31. The molecule has 0 unspecified atom stereocenters. The zero-order valence-corrected chi connectivity index (χ0v) is 24.2. The van der Waals surface area contributed by atoms with Crippen LogP contribution >= 0.6 is 0 Å². The lowest BCUT2D eigenvalue weighted by molar-refractivity contribution is -0.384. The predicted octanol–water partition coefficient (Wildman–Crippen LogP) is 5.70. The van der Waals surface area contributed by atoms with Gasteiger partial charge in [0.25, 0.3) is 5.69 Å². The molecular weight excluding hydrogens is 502 g/mol. The van der Waals surface area contributed by atoms with Crippen molar-refractivity contribution in [1.82, 2.24) is 4.31 Å². The van der Waals surface area contributed by atoms with Crippen LogP contribution in [0.25, 0.3) is 0 Å². The Hall–Kier alpha value is -2.98. The molecule has 0 amide bonds. The summed E-state index contributed by atoms with van der Waals surface area (Å²) in [4.78, 5) is 20.6. The molecule has 2 aromatic rings. The van der Waals surface area contributed by atoms with Crippen LogP contribution in [0.15, 0.2) is 46.3 Å². The number of hydrogen-bond donors (Lipinski definition) is 0. The average Bonchev–Trinajstić information content (AvgIpc) is 2.86. The molecule has 0 N–H and O–H groups in total. The Kier molecular flexibility index (Phi) is 9.89. The van der Waals surface area contributed by atoms with Gasteiger partial charge in [-0.1, -0.05) is 33.8 Å². The Morgan fingerprint density at radius 2 is 1.63 bits per heavy atom. The van der Waals surface area contributed by atoms with Crippen LogP contribution in [-0.2, 0) is 10.0 Å². The Balaban J connectivity index is 1.98. The largest absolute Gasteiger partial charge is 0.370 e. The first-order chi connectivity index (χ1) is 17.9. The predicted molar refractivity (Wildman–Crippen MR) is 156 cm³/mol. The van der Waals surface area contributed by atoms with Gasteiger partial charge in [0, 0.05) is 52.6 Å². The summed E-state index contributed by atoms with van der Waals surface area (Å²) in [6.45, 7) is 11.5. The number of anilines is 2. The molecule has 0 bridgehead atoms. The summed E-state index contributed by atoms with van der Waals surface area (Å²) in [5, 5.41) is 12.0. The van der Waals surface area contributed by atoms with Crippen LogP contribution in [0.2, 0.25) is 0 Å². The van der Waals surface area contributed by atoms with Crippen molar-refractivity contribution in [3.63, 3.8) is 0 Å². The molecule has 1 saturated heterocycles. The third-order valence-electron chi connectivity index (χ3n) is 6.47. The van der Waals surface area contributed by atoms with E-state index in [9.17, 15) is 18.5 Å². The van der Waals surface area contributed by atoms with Crippen LogP contribution in [0.3, 0.4) is 0 Å². The lowest BCUT2D eigenvalue weighted by atomic mass is 10.1. The first-order valence-corrected chi connectivity index (χ1v) is 14.7. The minimum Gasteiger partial charge on any atom is -0.370 e. The highest BCUT2D eigenvalue weighted by atomic mass is 32.2. The number of sulfonamides is 1. The molecule has 0 aromatic heterocycles. The zero-order chi connectivity index (χ0) is 28.0. The van der Waals surface area contributed by atoms with Crippen LogP contribution in [-0.4, -0.2) is 64.1 Å². The van der Waals surface area contributed by atoms with Crippen molar-refractivity contribution in [3.8, 4) is 0 Å². The average molecular weight is 544 g/mol. The first-order valence-electron chi connectivity index (χ1n) is 13.3. The summed E-state index contributed by atoms with van der Waals surface area (Å²) in [5.74, 6) is 0.713. The van der Waals surface area contributed by atoms with Gasteiger partial charge in [-0.3, -0.25) is 15.1 Å². The van der Waals surface area contributed by atoms with Crippen LogP contribution in [0, 0.1) is 22.0 Å². The molecule has 208 valence electrons. The lowest BCUT2D eigenvalue weighted by Gasteiger charge is -2.31. The summed E-state index contributed by atoms with van der Waals surface area (Å²) in [7, 11) is -0.649. The van der Waals surface area contributed by atoms with Gasteiger partial charge in [-0.15, -0.1) is 0 Å². The normalized spacial score (nSPS) is 14.7. The highest BCUT2D eigenvalue weighted by molar-refractivity contribution is 7.89. The highest BCUT2D eigenvalue weighted by Gasteiger charge is 2.26. The Morgan fingerprint density at radius 3 is 2.18 bits per heavy atom. The molecule has 10 heteroatoms. The zero-order valence-electron chi connectivity index (χ0n) is 23.4. The van der Waals surface area contributed by atoms with Gasteiger partial charge in [0.2, 0.25) is 10.0 Å². The highest BCUT2D eigenvalue weighted by Crippen LogP contribution is 2.34. The molecule has 0 radical (unpaired) electrons. The fourth-order valence-electron chi connectivity index (χ4n) is 4.72. The summed E-state index contributed by atoms with van der Waals surface area (Å²) in [6, 6.07) is 10.3. The number of aliphatic imine (C=N–C) groups is 1. The first kappa shape index (κ1) is 29.6. The summed E-state index contributed by atoms with van der Waals surface area (Å²) >= 11 is 0. The molecule has 1 fully saturated rings. The summed E-state index contributed by atoms with van der Waals surface area (Å²) < 4.78 is 27.5. The number of hydrogen-bond acceptors (Lipinski definition) is 7. The Morgan fingerprint density at radius 1 is 1.00 bits per heavy atom. The molecule has 3 rings (SSSR count). The van der Waals surface area contributed by atoms with Gasteiger partial charge in [-0.05, 0) is 60.9 Å². The minimum absolute atomic E-state index is 0.0339. The van der Waals surface area contributed by atoms with E-state index in [0.717, 1.165) is 45.4 Å². The van der Waals surface area contributed by atoms with Gasteiger partial charge >= 0.3 is 0 Å². The maximum atomic E-state index is 13.2. The van der Waals surface area contributed by atoms with Gasteiger partial charge in [-0.2, -0.15) is 0 Å². The maximum absolute atomic E-state index is 13.2. The standard InChI is InChI=1S/C28H41N5O4S/c1-21(2)19-32(20-22(3)4)25-12-10-23(16-27(25)33(34)35)18-29-24-11-13-26(31-14-8-7-9-15-31)28(17-24)38(36,37)30(5)6/h10-13,16-18,21-22H,7-9,14-15,19-20H2,1-6H3. The number of nitro groups is 1. The fraction of sp³-hybridized carbons (Fsp3) is 0.536. The molecule has 1 aliphatic rings. The van der Waals surface area contributed by atoms with Crippen molar-refractivity contribution in [3.05, 3.63) is 52.1 Å². The minimum atomic E-state index is -3.69. The molecule has 9 nitrogen and oxygen atoms in total. The second-order valence-electron chi connectivity index (χ2n) is 10.9. The smallest absolute Gasteiger partial charge is 0.293 e. The number of benzene rings is 2. The van der Waals surface area contributed by atoms with E-state index < -0.39 is 10.0 Å². The van der Waals surface area contributed by atoms with Crippen molar-refractivity contribution >= 4 is 39.0 Å². The van der Waals surface area contributed by atoms with Crippen molar-refractivity contribution in [2.24, 2.45) is 16.8 Å². The SMILES string of the molecule is CC(C)CN(CC(C)C)c1ccc(C=Nc2ccc(N3CCCCC3)c(S(=O)(=O)N(C)C)c2)cc1[N+](=O)[O-]. The van der Waals surface area contributed by atoms with Crippen molar-refractivity contribution in [2.45, 2.75) is 51.9 Å². The summed E-state index contributed by atoms with van der Waals surface area (Å²) in [6.07, 6.45) is 4.75. The van der Waals surface area contributed by atoms with Crippen molar-refractivity contribution in [1.29, 1.82) is 0 Å². The second-order valence-corrected chi connectivity index (χ2v) is 13.1. The molecule has 2 aromatic carbocycles. The Labute approximate surface area is 227 Å². The van der Waals surface area contributed by atoms with Gasteiger partial charge in [-0.25, -0.2) is 12.7 Å². The topological polar surface area (TPSA) is 99.4 Å². The lowest BCUT2D eigenvalue weighted by Crippen LogP contribution is -2.32. The molecule has 1 aliphatic heterocycles. The van der Waals surface area contributed by atoms with E-state index in [-0.39, 0.29) is 15.5 Å². The number of nitrogens with zero attached hydrogens (tertiary/aromatic N) is 5. The van der Waals surface area contributed by atoms with Crippen LogP contribution in [0.1, 0.15) is 52.5 Å². The molecule has 38 heavy (non-hydrogen) atoms. The molecule has 0 atom stereocenters. The van der Waals surface area contributed by atoms with E-state index in [2.05, 4.69) is 42.5 Å². The van der Waals surface area contributed by atoms with E-state index in [4.69, 9.17) is 0 Å². The van der Waals surface area contributed by atoms with E-state index in [1.54, 1.807) is 24.4 Å². The molecule has 0 saturated carbocycles. The maximum Gasteiger partial charge on any atom is 0.293 e. The molecular formula is C28H41N5O4S. The third kappa shape index (κ3) is 7.32. The van der Waals surface area contributed by atoms with Crippen LogP contribution < -0.4 is 9.80 Å². The molecule has 0 spiro atoms. The molecule has 1 heterocycles. The van der Waals surface area contributed by atoms with Crippen LogP contribution in [0.5, 0.6) is 0 Å². The van der Waals surface area contributed by atoms with E-state index in [0.29, 0.717) is 34.5 Å². The van der Waals surface area contributed by atoms with E-state index in [1.165, 1.54) is 24.5 Å². The van der Waals surface area contributed by atoms with Crippen LogP contribution in [0.4, 0.5) is 22.7 Å². The van der Waals surface area contributed by atoms with E-state index >= 15 is 0 Å².